The number of aliphatic carboxylic acids is 1. The molecule has 4 amide bonds. The Morgan fingerprint density at radius 1 is 1.00 bits per heavy atom. The predicted octanol–water partition coefficient (Wildman–Crippen LogP) is 4.29. The second-order valence-electron chi connectivity index (χ2n) is 9.91. The molecule has 39 heavy (non-hydrogen) atoms. The molecule has 2 fully saturated rings. The van der Waals surface area contributed by atoms with Crippen molar-refractivity contribution in [3.8, 4) is 5.75 Å². The van der Waals surface area contributed by atoms with E-state index in [0.717, 1.165) is 6.42 Å². The fourth-order valence-electron chi connectivity index (χ4n) is 5.18. The van der Waals surface area contributed by atoms with Gasteiger partial charge in [0.15, 0.2) is 0 Å². The van der Waals surface area contributed by atoms with Gasteiger partial charge in [0.1, 0.15) is 11.8 Å². The molecule has 0 bridgehead atoms. The van der Waals surface area contributed by atoms with Crippen LogP contribution >= 0.6 is 11.6 Å². The number of para-hydroxylation sites is 1. The van der Waals surface area contributed by atoms with E-state index in [1.54, 1.807) is 47.4 Å². The third-order valence-electron chi connectivity index (χ3n) is 7.29. The summed E-state index contributed by atoms with van der Waals surface area (Å²) in [6.45, 7) is 0.502. The molecule has 2 aromatic rings. The van der Waals surface area contributed by atoms with E-state index in [2.05, 4.69) is 16.0 Å². The highest BCUT2D eigenvalue weighted by molar-refractivity contribution is 6.33. The maximum absolute atomic E-state index is 13.2. The van der Waals surface area contributed by atoms with E-state index >= 15 is 0 Å². The Hall–Kier alpha value is -3.79. The van der Waals surface area contributed by atoms with E-state index in [4.69, 9.17) is 16.3 Å². The van der Waals surface area contributed by atoms with Gasteiger partial charge < -0.3 is 30.7 Å². The zero-order chi connectivity index (χ0) is 27.9. The van der Waals surface area contributed by atoms with Crippen LogP contribution in [0.3, 0.4) is 0 Å². The first-order chi connectivity index (χ1) is 18.7. The van der Waals surface area contributed by atoms with Crippen molar-refractivity contribution in [2.75, 3.05) is 24.3 Å². The highest BCUT2D eigenvalue weighted by Gasteiger charge is 2.36. The molecular formula is C28H33ClN4O6. The van der Waals surface area contributed by atoms with Crippen LogP contribution in [0.25, 0.3) is 0 Å². The van der Waals surface area contributed by atoms with Gasteiger partial charge in [0.05, 0.1) is 35.8 Å². The lowest BCUT2D eigenvalue weighted by Gasteiger charge is -2.30. The van der Waals surface area contributed by atoms with Crippen LogP contribution in [0.5, 0.6) is 5.75 Å². The Morgan fingerprint density at radius 3 is 2.41 bits per heavy atom. The molecule has 1 saturated heterocycles. The third-order valence-corrected chi connectivity index (χ3v) is 7.62. The summed E-state index contributed by atoms with van der Waals surface area (Å²) in [5, 5.41) is 18.0. The minimum atomic E-state index is -0.784. The Balaban J connectivity index is 1.33. The van der Waals surface area contributed by atoms with Gasteiger partial charge in [-0.15, -0.1) is 0 Å². The van der Waals surface area contributed by atoms with Gasteiger partial charge in [-0.1, -0.05) is 29.8 Å². The predicted molar refractivity (Wildman–Crippen MR) is 147 cm³/mol. The molecule has 1 unspecified atom stereocenters. The average Bonchev–Trinajstić information content (AvgIpc) is 3.42. The van der Waals surface area contributed by atoms with Gasteiger partial charge in [-0.25, -0.2) is 4.79 Å². The molecule has 0 aromatic heterocycles. The SMILES string of the molecule is COc1cc(CC(=O)N2CCCC2C(=O)NC2CCC(C(=O)O)CC2)ccc1NC(=O)Nc1ccccc1Cl. The molecule has 11 heteroatoms. The minimum absolute atomic E-state index is 0.0647. The first-order valence-electron chi connectivity index (χ1n) is 13.1. The monoisotopic (exact) mass is 556 g/mol. The Bertz CT molecular complexity index is 1230. The summed E-state index contributed by atoms with van der Waals surface area (Å²) in [7, 11) is 1.48. The van der Waals surface area contributed by atoms with Crippen LogP contribution in [-0.2, 0) is 20.8 Å². The molecule has 1 aliphatic carbocycles. The smallest absolute Gasteiger partial charge is 0.323 e. The molecule has 208 valence electrons. The summed E-state index contributed by atoms with van der Waals surface area (Å²) >= 11 is 6.10. The van der Waals surface area contributed by atoms with Crippen LogP contribution in [-0.4, -0.2) is 59.6 Å². The largest absolute Gasteiger partial charge is 0.495 e. The number of nitrogens with one attached hydrogen (secondary N) is 3. The van der Waals surface area contributed by atoms with Crippen LogP contribution in [0.15, 0.2) is 42.5 Å². The van der Waals surface area contributed by atoms with Crippen molar-refractivity contribution in [2.45, 2.75) is 57.0 Å². The number of halogens is 1. The number of benzene rings is 2. The van der Waals surface area contributed by atoms with Crippen LogP contribution in [0.4, 0.5) is 16.2 Å². The number of hydrogen-bond acceptors (Lipinski definition) is 5. The molecule has 0 radical (unpaired) electrons. The third kappa shape index (κ3) is 7.20. The number of rotatable bonds is 8. The van der Waals surface area contributed by atoms with E-state index in [1.807, 2.05) is 0 Å². The number of nitrogens with zero attached hydrogens (tertiary/aromatic N) is 1. The lowest BCUT2D eigenvalue weighted by Crippen LogP contribution is -2.50. The van der Waals surface area contributed by atoms with Crippen molar-refractivity contribution in [2.24, 2.45) is 5.92 Å². The molecule has 1 saturated carbocycles. The molecule has 0 spiro atoms. The Morgan fingerprint density at radius 2 is 1.72 bits per heavy atom. The second-order valence-corrected chi connectivity index (χ2v) is 10.3. The molecule has 4 rings (SSSR count). The van der Waals surface area contributed by atoms with Gasteiger partial charge in [0.2, 0.25) is 11.8 Å². The molecular weight excluding hydrogens is 524 g/mol. The number of carbonyl (C=O) groups is 4. The Labute approximate surface area is 232 Å². The highest BCUT2D eigenvalue weighted by atomic mass is 35.5. The van der Waals surface area contributed by atoms with Gasteiger partial charge >= 0.3 is 12.0 Å². The van der Waals surface area contributed by atoms with E-state index in [1.165, 1.54) is 7.11 Å². The summed E-state index contributed by atoms with van der Waals surface area (Å²) in [6, 6.07) is 10.9. The van der Waals surface area contributed by atoms with Crippen LogP contribution in [0.2, 0.25) is 5.02 Å². The summed E-state index contributed by atoms with van der Waals surface area (Å²) in [6.07, 6.45) is 3.75. The van der Waals surface area contributed by atoms with E-state index in [0.29, 0.717) is 66.4 Å². The van der Waals surface area contributed by atoms with Gasteiger partial charge in [-0.2, -0.15) is 0 Å². The van der Waals surface area contributed by atoms with E-state index in [-0.39, 0.29) is 30.2 Å². The average molecular weight is 557 g/mol. The molecule has 2 aliphatic rings. The summed E-state index contributed by atoms with van der Waals surface area (Å²) in [4.78, 5) is 51.5. The number of ether oxygens (including phenoxy) is 1. The first kappa shape index (κ1) is 28.2. The van der Waals surface area contributed by atoms with Crippen LogP contribution in [0.1, 0.15) is 44.1 Å². The number of methoxy groups -OCH3 is 1. The molecule has 2 aromatic carbocycles. The fourth-order valence-corrected chi connectivity index (χ4v) is 5.37. The molecule has 10 nitrogen and oxygen atoms in total. The zero-order valence-corrected chi connectivity index (χ0v) is 22.5. The van der Waals surface area contributed by atoms with Gasteiger partial charge in [-0.3, -0.25) is 14.4 Å². The second kappa shape index (κ2) is 12.8. The molecule has 1 heterocycles. The number of urea groups is 1. The number of carboxylic acids is 1. The molecule has 4 N–H and O–H groups in total. The van der Waals surface area contributed by atoms with Crippen molar-refractivity contribution in [3.05, 3.63) is 53.1 Å². The fraction of sp³-hybridized carbons (Fsp3) is 0.429. The summed E-state index contributed by atoms with van der Waals surface area (Å²) in [5.41, 5.74) is 1.58. The maximum atomic E-state index is 13.2. The topological polar surface area (TPSA) is 137 Å². The van der Waals surface area contributed by atoms with Gasteiger partial charge in [0.25, 0.3) is 0 Å². The number of amides is 4. The van der Waals surface area contributed by atoms with Gasteiger partial charge in [0, 0.05) is 12.6 Å². The summed E-state index contributed by atoms with van der Waals surface area (Å²) < 4.78 is 5.44. The Kier molecular flexibility index (Phi) is 9.29. The quantitative estimate of drug-likeness (QED) is 0.383. The van der Waals surface area contributed by atoms with Crippen LogP contribution < -0.4 is 20.7 Å². The first-order valence-corrected chi connectivity index (χ1v) is 13.4. The van der Waals surface area contributed by atoms with E-state index < -0.39 is 18.0 Å². The molecule has 1 aliphatic heterocycles. The number of anilines is 2. The standard InChI is InChI=1S/C28H33ClN4O6/c1-39-24-15-17(8-13-22(24)32-28(38)31-21-6-3-2-5-20(21)29)16-25(34)33-14-4-7-23(33)26(35)30-19-11-9-18(10-12-19)27(36)37/h2-3,5-6,8,13,15,18-19,23H,4,7,9-12,14,16H2,1H3,(H,30,35)(H,36,37)(H2,31,32,38). The zero-order valence-electron chi connectivity index (χ0n) is 21.7. The van der Waals surface area contributed by atoms with Crippen molar-refractivity contribution in [1.29, 1.82) is 0 Å². The van der Waals surface area contributed by atoms with Crippen molar-refractivity contribution in [1.82, 2.24) is 10.2 Å². The van der Waals surface area contributed by atoms with Gasteiger partial charge in [-0.05, 0) is 68.4 Å². The summed E-state index contributed by atoms with van der Waals surface area (Å²) in [5.74, 6) is -1.09. The highest BCUT2D eigenvalue weighted by Crippen LogP contribution is 2.29. The minimum Gasteiger partial charge on any atom is -0.495 e. The number of likely N-dealkylation sites (tertiary alicyclic amines) is 1. The molecule has 1 atom stereocenters. The van der Waals surface area contributed by atoms with E-state index in [9.17, 15) is 24.3 Å². The number of carbonyl (C=O) groups excluding carboxylic acids is 3. The van der Waals surface area contributed by atoms with Crippen molar-refractivity contribution < 1.29 is 29.0 Å². The lowest BCUT2D eigenvalue weighted by molar-refractivity contribution is -0.143. The lowest BCUT2D eigenvalue weighted by atomic mass is 9.86. The van der Waals surface area contributed by atoms with Crippen molar-refractivity contribution >= 4 is 46.8 Å². The normalized spacial score (nSPS) is 20.7. The van der Waals surface area contributed by atoms with Crippen LogP contribution in [0, 0.1) is 5.92 Å². The maximum Gasteiger partial charge on any atom is 0.323 e. The van der Waals surface area contributed by atoms with Crippen molar-refractivity contribution in [3.63, 3.8) is 0 Å². The number of hydrogen-bond donors (Lipinski definition) is 4. The number of carboxylic acid groups (broad SMARTS) is 1.